The molecule has 0 aliphatic heterocycles. The molecule has 0 bridgehead atoms. The SMILES string of the molecule is CCCCCc1c(C)nn(C(=O)CCC)c1C. The van der Waals surface area contributed by atoms with Gasteiger partial charge in [-0.3, -0.25) is 4.79 Å². The number of aromatic nitrogens is 2. The molecule has 0 fully saturated rings. The largest absolute Gasteiger partial charge is 0.273 e. The van der Waals surface area contributed by atoms with Gasteiger partial charge in [-0.2, -0.15) is 5.10 Å². The van der Waals surface area contributed by atoms with Gasteiger partial charge in [0.15, 0.2) is 0 Å². The molecule has 3 nitrogen and oxygen atoms in total. The smallest absolute Gasteiger partial charge is 0.247 e. The summed E-state index contributed by atoms with van der Waals surface area (Å²) in [6, 6.07) is 0. The quantitative estimate of drug-likeness (QED) is 0.706. The standard InChI is InChI=1S/C14H24N2O/c1-5-7-8-10-13-11(3)15-16(12(13)4)14(17)9-6-2/h5-10H2,1-4H3. The van der Waals surface area contributed by atoms with Gasteiger partial charge >= 0.3 is 0 Å². The number of hydrogen-bond donors (Lipinski definition) is 0. The number of aryl methyl sites for hydroxylation is 1. The van der Waals surface area contributed by atoms with E-state index in [9.17, 15) is 4.79 Å². The van der Waals surface area contributed by atoms with Gasteiger partial charge in [-0.1, -0.05) is 26.7 Å². The summed E-state index contributed by atoms with van der Waals surface area (Å²) >= 11 is 0. The van der Waals surface area contributed by atoms with E-state index in [1.807, 2.05) is 20.8 Å². The highest BCUT2D eigenvalue weighted by atomic mass is 16.2. The molecule has 0 saturated carbocycles. The van der Waals surface area contributed by atoms with Crippen LogP contribution in [0, 0.1) is 13.8 Å². The average molecular weight is 236 g/mol. The molecule has 0 N–H and O–H groups in total. The van der Waals surface area contributed by atoms with Gasteiger partial charge in [-0.15, -0.1) is 0 Å². The number of unbranched alkanes of at least 4 members (excludes halogenated alkanes) is 2. The van der Waals surface area contributed by atoms with E-state index in [-0.39, 0.29) is 5.91 Å². The number of carbonyl (C=O) groups is 1. The Hall–Kier alpha value is -1.12. The molecule has 0 amide bonds. The summed E-state index contributed by atoms with van der Waals surface area (Å²) in [7, 11) is 0. The van der Waals surface area contributed by atoms with E-state index in [1.165, 1.54) is 24.8 Å². The third kappa shape index (κ3) is 3.42. The molecule has 96 valence electrons. The van der Waals surface area contributed by atoms with Crippen LogP contribution in [0.25, 0.3) is 0 Å². The van der Waals surface area contributed by atoms with Gasteiger partial charge in [-0.05, 0) is 38.7 Å². The van der Waals surface area contributed by atoms with Crippen LogP contribution in [0.1, 0.15) is 67.7 Å². The first kappa shape index (κ1) is 13.9. The van der Waals surface area contributed by atoms with E-state index in [1.54, 1.807) is 4.68 Å². The van der Waals surface area contributed by atoms with E-state index in [0.29, 0.717) is 6.42 Å². The van der Waals surface area contributed by atoms with Gasteiger partial charge in [-0.25, -0.2) is 4.68 Å². The van der Waals surface area contributed by atoms with E-state index in [0.717, 1.165) is 24.2 Å². The first-order chi connectivity index (χ1) is 8.11. The fourth-order valence-corrected chi connectivity index (χ4v) is 2.15. The summed E-state index contributed by atoms with van der Waals surface area (Å²) < 4.78 is 1.60. The molecule has 0 saturated heterocycles. The number of carbonyl (C=O) groups excluding carboxylic acids is 1. The zero-order valence-corrected chi connectivity index (χ0v) is 11.5. The normalized spacial score (nSPS) is 10.8. The molecule has 0 aliphatic carbocycles. The highest BCUT2D eigenvalue weighted by Crippen LogP contribution is 2.17. The second kappa shape index (κ2) is 6.58. The van der Waals surface area contributed by atoms with Crippen molar-refractivity contribution in [3.63, 3.8) is 0 Å². The number of rotatable bonds is 6. The van der Waals surface area contributed by atoms with Crippen molar-refractivity contribution in [2.45, 2.75) is 66.2 Å². The molecule has 0 spiro atoms. The van der Waals surface area contributed by atoms with E-state index >= 15 is 0 Å². The van der Waals surface area contributed by atoms with Crippen molar-refractivity contribution in [2.24, 2.45) is 0 Å². The van der Waals surface area contributed by atoms with Crippen molar-refractivity contribution < 1.29 is 4.79 Å². The molecular formula is C14H24N2O. The summed E-state index contributed by atoms with van der Waals surface area (Å²) in [6.07, 6.45) is 6.16. The minimum atomic E-state index is 0.120. The first-order valence-electron chi connectivity index (χ1n) is 6.70. The summed E-state index contributed by atoms with van der Waals surface area (Å²) in [4.78, 5) is 11.9. The van der Waals surface area contributed by atoms with E-state index in [2.05, 4.69) is 12.0 Å². The lowest BCUT2D eigenvalue weighted by atomic mass is 10.1. The average Bonchev–Trinajstić information content (AvgIpc) is 2.57. The van der Waals surface area contributed by atoms with Gasteiger partial charge in [0.1, 0.15) is 0 Å². The molecule has 1 rings (SSSR count). The van der Waals surface area contributed by atoms with E-state index < -0.39 is 0 Å². The fourth-order valence-electron chi connectivity index (χ4n) is 2.15. The Bertz CT molecular complexity index is 380. The van der Waals surface area contributed by atoms with E-state index in [4.69, 9.17) is 0 Å². The summed E-state index contributed by atoms with van der Waals surface area (Å²) in [6.45, 7) is 8.23. The van der Waals surface area contributed by atoms with Crippen molar-refractivity contribution in [3.05, 3.63) is 17.0 Å². The minimum Gasteiger partial charge on any atom is -0.273 e. The predicted molar refractivity (Wildman–Crippen MR) is 70.5 cm³/mol. The van der Waals surface area contributed by atoms with Crippen LogP contribution in [0.2, 0.25) is 0 Å². The van der Waals surface area contributed by atoms with Crippen LogP contribution >= 0.6 is 0 Å². The van der Waals surface area contributed by atoms with Gasteiger partial charge in [0, 0.05) is 12.1 Å². The summed E-state index contributed by atoms with van der Waals surface area (Å²) in [5.41, 5.74) is 3.32. The number of nitrogens with zero attached hydrogens (tertiary/aromatic N) is 2. The molecule has 0 atom stereocenters. The second-order valence-corrected chi connectivity index (χ2v) is 4.66. The molecule has 1 heterocycles. The van der Waals surface area contributed by atoms with Crippen molar-refractivity contribution in [1.82, 2.24) is 9.78 Å². The lowest BCUT2D eigenvalue weighted by molar-refractivity contribution is 0.0883. The molecular weight excluding hydrogens is 212 g/mol. The second-order valence-electron chi connectivity index (χ2n) is 4.66. The van der Waals surface area contributed by atoms with Crippen molar-refractivity contribution >= 4 is 5.91 Å². The third-order valence-corrected chi connectivity index (χ3v) is 3.17. The number of hydrogen-bond acceptors (Lipinski definition) is 2. The first-order valence-corrected chi connectivity index (χ1v) is 6.70. The Balaban J connectivity index is 2.82. The lowest BCUT2D eigenvalue weighted by Gasteiger charge is -2.03. The zero-order valence-electron chi connectivity index (χ0n) is 11.5. The van der Waals surface area contributed by atoms with Crippen molar-refractivity contribution in [2.75, 3.05) is 0 Å². The van der Waals surface area contributed by atoms with Crippen LogP contribution in [0.3, 0.4) is 0 Å². The maximum Gasteiger partial charge on any atom is 0.247 e. The molecule has 3 heteroatoms. The zero-order chi connectivity index (χ0) is 12.8. The van der Waals surface area contributed by atoms with Crippen molar-refractivity contribution in [3.8, 4) is 0 Å². The predicted octanol–water partition coefficient (Wildman–Crippen LogP) is 3.67. The monoisotopic (exact) mass is 236 g/mol. The van der Waals surface area contributed by atoms with Crippen LogP contribution in [0.15, 0.2) is 0 Å². The van der Waals surface area contributed by atoms with Crippen LogP contribution in [-0.4, -0.2) is 15.7 Å². The summed E-state index contributed by atoms with van der Waals surface area (Å²) in [5.74, 6) is 0.120. The Morgan fingerprint density at radius 1 is 1.18 bits per heavy atom. The molecule has 1 aromatic heterocycles. The van der Waals surface area contributed by atoms with Crippen LogP contribution in [0.5, 0.6) is 0 Å². The van der Waals surface area contributed by atoms with Crippen LogP contribution in [0.4, 0.5) is 0 Å². The fraction of sp³-hybridized carbons (Fsp3) is 0.714. The Morgan fingerprint density at radius 3 is 2.47 bits per heavy atom. The topological polar surface area (TPSA) is 34.9 Å². The highest BCUT2D eigenvalue weighted by Gasteiger charge is 2.15. The highest BCUT2D eigenvalue weighted by molar-refractivity contribution is 5.79. The van der Waals surface area contributed by atoms with Crippen molar-refractivity contribution in [1.29, 1.82) is 0 Å². The molecule has 0 radical (unpaired) electrons. The molecule has 0 unspecified atom stereocenters. The Morgan fingerprint density at radius 2 is 1.88 bits per heavy atom. The molecule has 17 heavy (non-hydrogen) atoms. The Kier molecular flexibility index (Phi) is 5.39. The maximum atomic E-state index is 11.9. The van der Waals surface area contributed by atoms with Crippen LogP contribution < -0.4 is 0 Å². The molecule has 1 aromatic rings. The van der Waals surface area contributed by atoms with Gasteiger partial charge < -0.3 is 0 Å². The van der Waals surface area contributed by atoms with Gasteiger partial charge in [0.05, 0.1) is 5.69 Å². The lowest BCUT2D eigenvalue weighted by Crippen LogP contribution is -2.13. The minimum absolute atomic E-state index is 0.120. The molecule has 0 aromatic carbocycles. The van der Waals surface area contributed by atoms with Crippen LogP contribution in [-0.2, 0) is 6.42 Å². The summed E-state index contributed by atoms with van der Waals surface area (Å²) in [5, 5.41) is 4.37. The van der Waals surface area contributed by atoms with Gasteiger partial charge in [0.25, 0.3) is 0 Å². The third-order valence-electron chi connectivity index (χ3n) is 3.17. The maximum absolute atomic E-state index is 11.9. The Labute approximate surface area is 104 Å². The molecule has 0 aliphatic rings. The van der Waals surface area contributed by atoms with Gasteiger partial charge in [0.2, 0.25) is 5.91 Å².